The van der Waals surface area contributed by atoms with E-state index < -0.39 is 47.9 Å². The number of halogens is 6. The van der Waals surface area contributed by atoms with E-state index in [9.17, 15) is 43.2 Å². The van der Waals surface area contributed by atoms with E-state index in [1.807, 2.05) is 0 Å². The van der Waals surface area contributed by atoms with Crippen molar-refractivity contribution in [1.29, 1.82) is 0 Å². The Bertz CT molecular complexity index is 716. The Labute approximate surface area is 108 Å². The van der Waals surface area contributed by atoms with Crippen LogP contribution in [0.25, 0.3) is 0 Å². The second-order valence-electron chi connectivity index (χ2n) is 3.24. The predicted molar refractivity (Wildman–Crippen MR) is 51.6 cm³/mol. The fourth-order valence-corrected chi connectivity index (χ4v) is 3.36. The molecule has 13 heteroatoms. The summed E-state index contributed by atoms with van der Waals surface area (Å²) in [6.07, 6.45) is 0. The topological polar surface area (TPSA) is 80.3 Å². The van der Waals surface area contributed by atoms with Gasteiger partial charge in [0.25, 0.3) is 10.0 Å². The van der Waals surface area contributed by atoms with Crippen LogP contribution in [0, 0.1) is 17.5 Å². The first-order valence-electron chi connectivity index (χ1n) is 4.27. The molecule has 0 fully saturated rings. The van der Waals surface area contributed by atoms with Gasteiger partial charge in [-0.05, 0) is 12.1 Å². The molecule has 1 aromatic rings. The van der Waals surface area contributed by atoms with Gasteiger partial charge in [-0.3, -0.25) is 0 Å². The minimum atomic E-state index is -6.32. The zero-order valence-corrected chi connectivity index (χ0v) is 10.5. The zero-order valence-electron chi connectivity index (χ0n) is 8.87. The van der Waals surface area contributed by atoms with Crippen molar-refractivity contribution in [2.24, 2.45) is 0 Å². The summed E-state index contributed by atoms with van der Waals surface area (Å²) in [5, 5.41) is 0. The Hall–Kier alpha value is -1.34. The molecule has 0 aliphatic heterocycles. The molecule has 0 aromatic heterocycles. The molecule has 0 aliphatic carbocycles. The molecule has 1 aromatic carbocycles. The minimum Gasteiger partial charge on any atom is -0.206 e. The molecule has 0 bridgehead atoms. The first-order valence-corrected chi connectivity index (χ1v) is 7.24. The molecule has 5 nitrogen and oxygen atoms in total. The molecule has 0 aliphatic rings. The molecule has 0 amide bonds. The van der Waals surface area contributed by atoms with E-state index in [2.05, 4.69) is 0 Å². The lowest BCUT2D eigenvalue weighted by molar-refractivity contribution is -0.0441. The fourth-order valence-electron chi connectivity index (χ4n) is 0.927. The van der Waals surface area contributed by atoms with Gasteiger partial charge in [0.2, 0.25) is 0 Å². The fraction of sp³-hybridized carbons (Fsp3) is 0.143. The average Bonchev–Trinajstić information content (AvgIpc) is 2.22. The molecule has 0 spiro atoms. The molecular formula is C7H3F6NO4S2. The molecule has 0 unspecified atom stereocenters. The van der Waals surface area contributed by atoms with Gasteiger partial charge in [-0.15, -0.1) is 0 Å². The van der Waals surface area contributed by atoms with Gasteiger partial charge >= 0.3 is 15.5 Å². The van der Waals surface area contributed by atoms with E-state index in [0.717, 1.165) is 0 Å². The van der Waals surface area contributed by atoms with Gasteiger partial charge in [-0.2, -0.15) is 13.2 Å². The maximum Gasteiger partial charge on any atom is 0.512 e. The molecule has 0 saturated heterocycles. The van der Waals surface area contributed by atoms with Gasteiger partial charge in [0.15, 0.2) is 17.5 Å². The lowest BCUT2D eigenvalue weighted by Crippen LogP contribution is -2.40. The van der Waals surface area contributed by atoms with Crippen LogP contribution in [0.2, 0.25) is 0 Å². The largest absolute Gasteiger partial charge is 0.512 e. The summed E-state index contributed by atoms with van der Waals surface area (Å²) in [6.45, 7) is 0. The third kappa shape index (κ3) is 3.21. The highest BCUT2D eigenvalue weighted by atomic mass is 32.3. The molecule has 0 atom stereocenters. The Morgan fingerprint density at radius 1 is 0.900 bits per heavy atom. The first kappa shape index (κ1) is 16.7. The van der Waals surface area contributed by atoms with Gasteiger partial charge in [-0.1, -0.05) is 4.13 Å². The van der Waals surface area contributed by atoms with Crippen molar-refractivity contribution in [3.05, 3.63) is 29.6 Å². The third-order valence-corrected chi connectivity index (χ3v) is 5.01. The van der Waals surface area contributed by atoms with Crippen LogP contribution in [0.15, 0.2) is 17.0 Å². The summed E-state index contributed by atoms with van der Waals surface area (Å²) in [4.78, 5) is -1.53. The molecule has 1 rings (SSSR count). The van der Waals surface area contributed by atoms with Gasteiger partial charge < -0.3 is 0 Å². The van der Waals surface area contributed by atoms with E-state index in [1.165, 1.54) is 0 Å². The summed E-state index contributed by atoms with van der Waals surface area (Å²) in [5.74, 6) is -6.10. The average molecular weight is 343 g/mol. The monoisotopic (exact) mass is 343 g/mol. The summed E-state index contributed by atoms with van der Waals surface area (Å²) in [5.41, 5.74) is -5.96. The molecule has 1 N–H and O–H groups in total. The van der Waals surface area contributed by atoms with Crippen LogP contribution < -0.4 is 4.13 Å². The lowest BCUT2D eigenvalue weighted by Gasteiger charge is -2.10. The van der Waals surface area contributed by atoms with Crippen LogP contribution in [0.1, 0.15) is 0 Å². The summed E-state index contributed by atoms with van der Waals surface area (Å²) < 4.78 is 118. The number of nitrogens with one attached hydrogen (secondary N) is 1. The second kappa shape index (κ2) is 4.89. The number of hydrogen-bond donors (Lipinski definition) is 1. The van der Waals surface area contributed by atoms with Crippen LogP contribution in [-0.4, -0.2) is 22.3 Å². The molecule has 0 heterocycles. The smallest absolute Gasteiger partial charge is 0.206 e. The number of rotatable bonds is 3. The Kier molecular flexibility index (Phi) is 4.09. The van der Waals surface area contributed by atoms with E-state index >= 15 is 0 Å². The standard InChI is InChI=1S/C7H3F6NO4S2/c8-4-1-3(2-5(9)6(4)10)19(15,16)14-20(17,18)7(11,12)13/h1-2,14H. The number of benzene rings is 1. The van der Waals surface area contributed by atoms with E-state index in [-0.39, 0.29) is 16.3 Å². The molecule has 0 saturated carbocycles. The Balaban J connectivity index is 3.34. The molecule has 114 valence electrons. The van der Waals surface area contributed by atoms with Crippen molar-refractivity contribution < 1.29 is 43.2 Å². The summed E-state index contributed by atoms with van der Waals surface area (Å²) in [6, 6.07) is -0.348. The molecule has 20 heavy (non-hydrogen) atoms. The van der Waals surface area contributed by atoms with E-state index in [4.69, 9.17) is 0 Å². The van der Waals surface area contributed by atoms with Crippen molar-refractivity contribution in [2.75, 3.05) is 0 Å². The van der Waals surface area contributed by atoms with Crippen LogP contribution in [-0.2, 0) is 20.0 Å². The van der Waals surface area contributed by atoms with Gasteiger partial charge in [-0.25, -0.2) is 30.0 Å². The van der Waals surface area contributed by atoms with Crippen molar-refractivity contribution in [3.8, 4) is 0 Å². The van der Waals surface area contributed by atoms with Crippen LogP contribution in [0.4, 0.5) is 26.3 Å². The number of sulfonamides is 2. The van der Waals surface area contributed by atoms with Gasteiger partial charge in [0.05, 0.1) is 4.90 Å². The Morgan fingerprint density at radius 2 is 1.30 bits per heavy atom. The quantitative estimate of drug-likeness (QED) is 0.661. The predicted octanol–water partition coefficient (Wildman–Crippen LogP) is 1.23. The summed E-state index contributed by atoms with van der Waals surface area (Å²) >= 11 is 0. The maximum absolute atomic E-state index is 12.8. The van der Waals surface area contributed by atoms with Crippen LogP contribution in [0.3, 0.4) is 0 Å². The minimum absolute atomic E-state index is 0.174. The lowest BCUT2D eigenvalue weighted by atomic mass is 10.3. The maximum atomic E-state index is 12.8. The van der Waals surface area contributed by atoms with Crippen molar-refractivity contribution >= 4 is 20.0 Å². The number of alkyl halides is 3. The van der Waals surface area contributed by atoms with Crippen LogP contribution >= 0.6 is 0 Å². The first-order chi connectivity index (χ1) is 8.78. The van der Waals surface area contributed by atoms with Crippen molar-refractivity contribution in [1.82, 2.24) is 4.13 Å². The van der Waals surface area contributed by atoms with Crippen LogP contribution in [0.5, 0.6) is 0 Å². The SMILES string of the molecule is O=S(=O)(NS(=O)(=O)C(F)(F)F)c1cc(F)c(F)c(F)c1. The highest BCUT2D eigenvalue weighted by molar-refractivity contribution is 8.05. The molecular weight excluding hydrogens is 340 g/mol. The van der Waals surface area contributed by atoms with E-state index in [1.54, 1.807) is 0 Å². The number of hydrogen-bond acceptors (Lipinski definition) is 4. The van der Waals surface area contributed by atoms with Gasteiger partial charge in [0, 0.05) is 0 Å². The zero-order chi connectivity index (χ0) is 15.9. The highest BCUT2D eigenvalue weighted by Gasteiger charge is 2.48. The summed E-state index contributed by atoms with van der Waals surface area (Å²) in [7, 11) is -11.8. The third-order valence-electron chi connectivity index (χ3n) is 1.79. The second-order valence-corrected chi connectivity index (χ2v) is 6.85. The van der Waals surface area contributed by atoms with Crippen molar-refractivity contribution in [3.63, 3.8) is 0 Å². The Morgan fingerprint density at radius 3 is 1.65 bits per heavy atom. The normalized spacial score (nSPS) is 13.5. The molecule has 0 radical (unpaired) electrons. The van der Waals surface area contributed by atoms with E-state index in [0.29, 0.717) is 0 Å². The van der Waals surface area contributed by atoms with Crippen molar-refractivity contribution in [2.45, 2.75) is 10.4 Å². The highest BCUT2D eigenvalue weighted by Crippen LogP contribution is 2.24. The van der Waals surface area contributed by atoms with Gasteiger partial charge in [0.1, 0.15) is 0 Å².